The molecular formula is C19H17F3N2O3. The summed E-state index contributed by atoms with van der Waals surface area (Å²) in [6, 6.07) is 7.55. The van der Waals surface area contributed by atoms with E-state index < -0.39 is 28.9 Å². The van der Waals surface area contributed by atoms with Crippen LogP contribution in [0.25, 0.3) is 0 Å². The molecule has 142 valence electrons. The zero-order valence-electron chi connectivity index (χ0n) is 14.5. The number of carbonyl (C=O) groups is 2. The van der Waals surface area contributed by atoms with E-state index in [1.54, 1.807) is 4.90 Å². The van der Waals surface area contributed by atoms with E-state index in [0.717, 1.165) is 6.07 Å². The fourth-order valence-corrected chi connectivity index (χ4v) is 2.78. The first kappa shape index (κ1) is 18.9. The molecule has 0 spiro atoms. The van der Waals surface area contributed by atoms with Crippen LogP contribution in [0.2, 0.25) is 0 Å². The van der Waals surface area contributed by atoms with Crippen molar-refractivity contribution in [1.29, 1.82) is 0 Å². The highest BCUT2D eigenvalue weighted by atomic mass is 19.2. The highest BCUT2D eigenvalue weighted by molar-refractivity contribution is 6.04. The van der Waals surface area contributed by atoms with Gasteiger partial charge in [0.25, 0.3) is 11.8 Å². The van der Waals surface area contributed by atoms with Crippen LogP contribution in [0, 0.1) is 17.5 Å². The Balaban J connectivity index is 1.70. The van der Waals surface area contributed by atoms with Crippen molar-refractivity contribution in [2.75, 3.05) is 25.0 Å². The van der Waals surface area contributed by atoms with E-state index in [1.807, 2.05) is 6.92 Å². The fourth-order valence-electron chi connectivity index (χ4n) is 2.78. The van der Waals surface area contributed by atoms with Gasteiger partial charge in [-0.05, 0) is 43.3 Å². The van der Waals surface area contributed by atoms with Gasteiger partial charge in [0, 0.05) is 24.3 Å². The standard InChI is InChI=1S/C19H17F3N2O3/c1-11-10-24(8-9-27-11)19(26)12-2-4-13(5-3-12)23-18(25)14-6-7-15(20)17(22)16(14)21/h2-7,11H,8-10H2,1H3,(H,23,25). The molecule has 0 aromatic heterocycles. The summed E-state index contributed by atoms with van der Waals surface area (Å²) in [5.41, 5.74) is 0.105. The lowest BCUT2D eigenvalue weighted by Crippen LogP contribution is -2.44. The molecule has 2 aromatic rings. The van der Waals surface area contributed by atoms with Gasteiger partial charge in [-0.1, -0.05) is 0 Å². The van der Waals surface area contributed by atoms with Crippen LogP contribution in [-0.2, 0) is 4.74 Å². The van der Waals surface area contributed by atoms with Crippen molar-refractivity contribution < 1.29 is 27.5 Å². The second-order valence-electron chi connectivity index (χ2n) is 6.19. The Labute approximate surface area is 153 Å². The molecule has 2 aromatic carbocycles. The van der Waals surface area contributed by atoms with Crippen LogP contribution < -0.4 is 5.32 Å². The van der Waals surface area contributed by atoms with Gasteiger partial charge in [-0.15, -0.1) is 0 Å². The van der Waals surface area contributed by atoms with Crippen LogP contribution in [0.5, 0.6) is 0 Å². The third-order valence-electron chi connectivity index (χ3n) is 4.20. The van der Waals surface area contributed by atoms with Crippen LogP contribution in [0.3, 0.4) is 0 Å². The van der Waals surface area contributed by atoms with Crippen LogP contribution in [0.4, 0.5) is 18.9 Å². The number of nitrogens with one attached hydrogen (secondary N) is 1. The Morgan fingerprint density at radius 1 is 1.07 bits per heavy atom. The molecule has 2 amide bonds. The average Bonchev–Trinajstić information content (AvgIpc) is 2.66. The largest absolute Gasteiger partial charge is 0.375 e. The predicted octanol–water partition coefficient (Wildman–Crippen LogP) is 3.22. The van der Waals surface area contributed by atoms with Gasteiger partial charge < -0.3 is 15.0 Å². The highest BCUT2D eigenvalue weighted by Crippen LogP contribution is 2.18. The normalized spacial score (nSPS) is 16.9. The van der Waals surface area contributed by atoms with Gasteiger partial charge in [0.05, 0.1) is 18.3 Å². The van der Waals surface area contributed by atoms with Crippen molar-refractivity contribution >= 4 is 17.5 Å². The van der Waals surface area contributed by atoms with E-state index >= 15 is 0 Å². The van der Waals surface area contributed by atoms with Crippen LogP contribution in [0.15, 0.2) is 36.4 Å². The van der Waals surface area contributed by atoms with Crippen molar-refractivity contribution in [2.24, 2.45) is 0 Å². The number of rotatable bonds is 3. The van der Waals surface area contributed by atoms with Gasteiger partial charge >= 0.3 is 0 Å². The van der Waals surface area contributed by atoms with Gasteiger partial charge in [-0.2, -0.15) is 0 Å². The molecule has 1 fully saturated rings. The maximum absolute atomic E-state index is 13.7. The highest BCUT2D eigenvalue weighted by Gasteiger charge is 2.23. The molecule has 0 bridgehead atoms. The molecule has 1 saturated heterocycles. The summed E-state index contributed by atoms with van der Waals surface area (Å²) in [5, 5.41) is 2.39. The molecule has 1 unspecified atom stereocenters. The number of amides is 2. The summed E-state index contributed by atoms with van der Waals surface area (Å²) < 4.78 is 45.3. The van der Waals surface area contributed by atoms with Gasteiger partial charge in [-0.25, -0.2) is 13.2 Å². The Bertz CT molecular complexity index is 871. The lowest BCUT2D eigenvalue weighted by molar-refractivity contribution is -0.0124. The minimum Gasteiger partial charge on any atom is -0.375 e. The fraction of sp³-hybridized carbons (Fsp3) is 0.263. The van der Waals surface area contributed by atoms with Gasteiger partial charge in [0.2, 0.25) is 0 Å². The summed E-state index contributed by atoms with van der Waals surface area (Å²) in [6.07, 6.45) is -0.0349. The smallest absolute Gasteiger partial charge is 0.258 e. The Morgan fingerprint density at radius 2 is 1.78 bits per heavy atom. The lowest BCUT2D eigenvalue weighted by Gasteiger charge is -2.31. The van der Waals surface area contributed by atoms with E-state index in [-0.39, 0.29) is 17.7 Å². The number of anilines is 1. The molecule has 3 rings (SSSR count). The summed E-state index contributed by atoms with van der Waals surface area (Å²) in [4.78, 5) is 26.2. The van der Waals surface area contributed by atoms with Gasteiger partial charge in [-0.3, -0.25) is 9.59 Å². The first-order valence-electron chi connectivity index (χ1n) is 8.32. The van der Waals surface area contributed by atoms with E-state index in [4.69, 9.17) is 4.74 Å². The van der Waals surface area contributed by atoms with Crippen molar-refractivity contribution in [2.45, 2.75) is 13.0 Å². The molecule has 0 aliphatic carbocycles. The molecule has 1 atom stereocenters. The zero-order valence-corrected chi connectivity index (χ0v) is 14.5. The van der Waals surface area contributed by atoms with Gasteiger partial charge in [0.1, 0.15) is 0 Å². The maximum atomic E-state index is 13.7. The molecule has 1 aliphatic rings. The lowest BCUT2D eigenvalue weighted by atomic mass is 10.1. The molecule has 1 heterocycles. The minimum atomic E-state index is -1.71. The molecule has 0 saturated carbocycles. The Hall–Kier alpha value is -2.87. The summed E-state index contributed by atoms with van der Waals surface area (Å²) in [6.45, 7) is 3.35. The monoisotopic (exact) mass is 378 g/mol. The molecule has 1 aliphatic heterocycles. The van der Waals surface area contributed by atoms with Crippen molar-refractivity contribution in [3.63, 3.8) is 0 Å². The molecular weight excluding hydrogens is 361 g/mol. The Morgan fingerprint density at radius 3 is 2.44 bits per heavy atom. The first-order chi connectivity index (χ1) is 12.9. The van der Waals surface area contributed by atoms with E-state index in [0.29, 0.717) is 31.3 Å². The average molecular weight is 378 g/mol. The molecule has 27 heavy (non-hydrogen) atoms. The van der Waals surface area contributed by atoms with Crippen molar-refractivity contribution in [1.82, 2.24) is 4.90 Å². The summed E-state index contributed by atoms with van der Waals surface area (Å²) in [7, 11) is 0. The van der Waals surface area contributed by atoms with Crippen molar-refractivity contribution in [3.8, 4) is 0 Å². The summed E-state index contributed by atoms with van der Waals surface area (Å²) >= 11 is 0. The second-order valence-corrected chi connectivity index (χ2v) is 6.19. The number of carbonyl (C=O) groups excluding carboxylic acids is 2. The Kier molecular flexibility index (Phi) is 5.46. The second kappa shape index (κ2) is 7.79. The number of benzene rings is 2. The van der Waals surface area contributed by atoms with E-state index in [9.17, 15) is 22.8 Å². The number of halogens is 3. The quantitative estimate of drug-likeness (QED) is 0.835. The maximum Gasteiger partial charge on any atom is 0.258 e. The topological polar surface area (TPSA) is 58.6 Å². The molecule has 1 N–H and O–H groups in total. The van der Waals surface area contributed by atoms with Gasteiger partial charge in [0.15, 0.2) is 17.5 Å². The molecule has 5 nitrogen and oxygen atoms in total. The number of ether oxygens (including phenoxy) is 1. The predicted molar refractivity (Wildman–Crippen MR) is 92.0 cm³/mol. The van der Waals surface area contributed by atoms with Crippen LogP contribution in [0.1, 0.15) is 27.6 Å². The summed E-state index contributed by atoms with van der Waals surface area (Å²) in [5.74, 6) is -5.71. The third kappa shape index (κ3) is 4.11. The zero-order chi connectivity index (χ0) is 19.6. The number of hydrogen-bond acceptors (Lipinski definition) is 3. The van der Waals surface area contributed by atoms with Crippen LogP contribution >= 0.6 is 0 Å². The SMILES string of the molecule is CC1CN(C(=O)c2ccc(NC(=O)c3ccc(F)c(F)c3F)cc2)CCO1. The first-order valence-corrected chi connectivity index (χ1v) is 8.32. The minimum absolute atomic E-state index is 0.0349. The third-order valence-corrected chi connectivity index (χ3v) is 4.20. The number of nitrogens with zero attached hydrogens (tertiary/aromatic N) is 1. The van der Waals surface area contributed by atoms with Crippen LogP contribution in [-0.4, -0.2) is 42.5 Å². The van der Waals surface area contributed by atoms with E-state index in [1.165, 1.54) is 24.3 Å². The van der Waals surface area contributed by atoms with Crippen molar-refractivity contribution in [3.05, 3.63) is 65.0 Å². The molecule has 8 heteroatoms. The molecule has 0 radical (unpaired) electrons. The number of morpholine rings is 1. The number of hydrogen-bond donors (Lipinski definition) is 1. The van der Waals surface area contributed by atoms with E-state index in [2.05, 4.69) is 5.32 Å².